The van der Waals surface area contributed by atoms with E-state index < -0.39 is 5.56 Å². The standard InChI is InChI=1S/C23H30N8O3/c1-13(5-10-17(32)31-23(2,3)4)27-20(33)14-6-8-15(9-7-14)25-11-16-12-26-19-18(28-16)21(34)30-22(24)29-19/h6-9,12-13,25H,5,10-11H2,1-4H3,(H,27,33)(H,31,32)(H3,24,26,29,30,34)/t13-/m1/s1. The van der Waals surface area contributed by atoms with Crippen molar-refractivity contribution in [2.45, 2.75) is 58.7 Å². The summed E-state index contributed by atoms with van der Waals surface area (Å²) in [6, 6.07) is 6.83. The Balaban J connectivity index is 1.51. The first-order valence-electron chi connectivity index (χ1n) is 11.0. The van der Waals surface area contributed by atoms with Crippen LogP contribution in [-0.4, -0.2) is 43.3 Å². The van der Waals surface area contributed by atoms with Crippen molar-refractivity contribution in [3.63, 3.8) is 0 Å². The zero-order chi connectivity index (χ0) is 24.9. The molecule has 2 aromatic heterocycles. The van der Waals surface area contributed by atoms with Gasteiger partial charge < -0.3 is 21.7 Å². The molecule has 2 heterocycles. The van der Waals surface area contributed by atoms with E-state index >= 15 is 0 Å². The van der Waals surface area contributed by atoms with Crippen LogP contribution in [-0.2, 0) is 11.3 Å². The highest BCUT2D eigenvalue weighted by molar-refractivity contribution is 5.94. The van der Waals surface area contributed by atoms with E-state index in [0.29, 0.717) is 30.6 Å². The molecule has 34 heavy (non-hydrogen) atoms. The number of carbonyl (C=O) groups is 2. The minimum atomic E-state index is -0.448. The first-order valence-corrected chi connectivity index (χ1v) is 11.0. The number of H-pyrrole nitrogens is 1. The van der Waals surface area contributed by atoms with Crippen LogP contribution in [0.15, 0.2) is 35.3 Å². The third-order valence-corrected chi connectivity index (χ3v) is 4.80. The molecule has 11 heteroatoms. The SMILES string of the molecule is C[C@H](CCC(=O)NC(C)(C)C)NC(=O)c1ccc(NCc2cnc3nc(N)[nH]c(=O)c3n2)cc1. The molecule has 0 unspecified atom stereocenters. The Morgan fingerprint density at radius 2 is 1.85 bits per heavy atom. The number of benzene rings is 1. The van der Waals surface area contributed by atoms with Crippen molar-refractivity contribution in [2.24, 2.45) is 0 Å². The molecule has 0 saturated carbocycles. The molecular formula is C23H30N8O3. The maximum absolute atomic E-state index is 12.5. The molecule has 0 bridgehead atoms. The summed E-state index contributed by atoms with van der Waals surface area (Å²) in [6.07, 6.45) is 2.41. The summed E-state index contributed by atoms with van der Waals surface area (Å²) in [5.41, 5.74) is 6.93. The summed E-state index contributed by atoms with van der Waals surface area (Å²) in [6.45, 7) is 7.99. The molecule has 3 rings (SSSR count). The number of hydrogen-bond acceptors (Lipinski definition) is 8. The minimum Gasteiger partial charge on any atom is -0.379 e. The summed E-state index contributed by atoms with van der Waals surface area (Å²) < 4.78 is 0. The van der Waals surface area contributed by atoms with E-state index in [9.17, 15) is 14.4 Å². The number of anilines is 2. The predicted molar refractivity (Wildman–Crippen MR) is 130 cm³/mol. The zero-order valence-electron chi connectivity index (χ0n) is 19.7. The van der Waals surface area contributed by atoms with Gasteiger partial charge in [0, 0.05) is 29.3 Å². The van der Waals surface area contributed by atoms with Gasteiger partial charge in [-0.1, -0.05) is 0 Å². The van der Waals surface area contributed by atoms with Gasteiger partial charge in [-0.05, 0) is 58.4 Å². The maximum atomic E-state index is 12.5. The quantitative estimate of drug-likeness (QED) is 0.334. The highest BCUT2D eigenvalue weighted by atomic mass is 16.2. The molecule has 0 saturated heterocycles. The van der Waals surface area contributed by atoms with Crippen molar-refractivity contribution in [1.29, 1.82) is 0 Å². The van der Waals surface area contributed by atoms with Crippen LogP contribution in [0, 0.1) is 0 Å². The van der Waals surface area contributed by atoms with Crippen LogP contribution in [0.2, 0.25) is 0 Å². The number of nitrogens with one attached hydrogen (secondary N) is 4. The second-order valence-corrected chi connectivity index (χ2v) is 9.13. The van der Waals surface area contributed by atoms with E-state index in [1.54, 1.807) is 24.3 Å². The average Bonchev–Trinajstić information content (AvgIpc) is 2.75. The average molecular weight is 467 g/mol. The second-order valence-electron chi connectivity index (χ2n) is 9.13. The Kier molecular flexibility index (Phi) is 7.44. The lowest BCUT2D eigenvalue weighted by molar-refractivity contribution is -0.122. The Morgan fingerprint density at radius 1 is 1.15 bits per heavy atom. The number of hydrogen-bond donors (Lipinski definition) is 5. The largest absolute Gasteiger partial charge is 0.379 e. The molecule has 0 radical (unpaired) electrons. The highest BCUT2D eigenvalue weighted by Crippen LogP contribution is 2.12. The Morgan fingerprint density at radius 3 is 2.53 bits per heavy atom. The van der Waals surface area contributed by atoms with Crippen LogP contribution in [0.25, 0.3) is 11.2 Å². The van der Waals surface area contributed by atoms with Crippen molar-refractivity contribution >= 4 is 34.6 Å². The predicted octanol–water partition coefficient (Wildman–Crippen LogP) is 1.72. The molecule has 180 valence electrons. The van der Waals surface area contributed by atoms with E-state index in [1.165, 1.54) is 6.20 Å². The van der Waals surface area contributed by atoms with Gasteiger partial charge >= 0.3 is 0 Å². The smallest absolute Gasteiger partial charge is 0.280 e. The van der Waals surface area contributed by atoms with E-state index in [2.05, 4.69) is 35.9 Å². The van der Waals surface area contributed by atoms with E-state index in [4.69, 9.17) is 5.73 Å². The molecule has 1 aromatic carbocycles. The van der Waals surface area contributed by atoms with Gasteiger partial charge in [-0.25, -0.2) is 9.97 Å². The van der Waals surface area contributed by atoms with Crippen molar-refractivity contribution in [1.82, 2.24) is 30.6 Å². The maximum Gasteiger partial charge on any atom is 0.280 e. The summed E-state index contributed by atoms with van der Waals surface area (Å²) in [4.78, 5) is 51.2. The molecule has 3 aromatic rings. The molecule has 0 spiro atoms. The van der Waals surface area contributed by atoms with E-state index in [-0.39, 0.29) is 40.5 Å². The van der Waals surface area contributed by atoms with Crippen molar-refractivity contribution < 1.29 is 9.59 Å². The summed E-state index contributed by atoms with van der Waals surface area (Å²) in [5, 5.41) is 9.00. The molecule has 2 amide bonds. The third-order valence-electron chi connectivity index (χ3n) is 4.80. The Hall–Kier alpha value is -4.02. The van der Waals surface area contributed by atoms with Crippen LogP contribution in [0.4, 0.5) is 11.6 Å². The van der Waals surface area contributed by atoms with Gasteiger partial charge in [-0.2, -0.15) is 4.98 Å². The molecular weight excluding hydrogens is 436 g/mol. The van der Waals surface area contributed by atoms with Gasteiger partial charge in [0.05, 0.1) is 18.4 Å². The van der Waals surface area contributed by atoms with Crippen molar-refractivity contribution in [2.75, 3.05) is 11.1 Å². The minimum absolute atomic E-state index is 0.0118. The Bertz CT molecular complexity index is 1230. The van der Waals surface area contributed by atoms with Gasteiger partial charge in [0.15, 0.2) is 11.2 Å². The van der Waals surface area contributed by atoms with Crippen LogP contribution < -0.4 is 27.2 Å². The number of nitrogens with zero attached hydrogens (tertiary/aromatic N) is 3. The number of aromatic amines is 1. The lowest BCUT2D eigenvalue weighted by Crippen LogP contribution is -2.41. The topological polar surface area (TPSA) is 168 Å². The van der Waals surface area contributed by atoms with Gasteiger partial charge in [-0.3, -0.25) is 19.4 Å². The number of aromatic nitrogens is 4. The fraction of sp³-hybridized carbons (Fsp3) is 0.391. The Labute approximate surface area is 197 Å². The second kappa shape index (κ2) is 10.3. The van der Waals surface area contributed by atoms with Gasteiger partial charge in [0.1, 0.15) is 0 Å². The van der Waals surface area contributed by atoms with Crippen LogP contribution in [0.1, 0.15) is 56.6 Å². The molecule has 0 aliphatic rings. The van der Waals surface area contributed by atoms with Crippen LogP contribution in [0.3, 0.4) is 0 Å². The molecule has 11 nitrogen and oxygen atoms in total. The van der Waals surface area contributed by atoms with E-state index in [1.807, 2.05) is 27.7 Å². The molecule has 0 fully saturated rings. The lowest BCUT2D eigenvalue weighted by atomic mass is 10.1. The summed E-state index contributed by atoms with van der Waals surface area (Å²) >= 11 is 0. The molecule has 0 aliphatic heterocycles. The molecule has 0 aliphatic carbocycles. The van der Waals surface area contributed by atoms with Crippen molar-refractivity contribution in [3.8, 4) is 0 Å². The van der Waals surface area contributed by atoms with E-state index in [0.717, 1.165) is 5.69 Å². The number of fused-ring (bicyclic) bond motifs is 1. The normalized spacial score (nSPS) is 12.2. The number of rotatable bonds is 8. The highest BCUT2D eigenvalue weighted by Gasteiger charge is 2.16. The monoisotopic (exact) mass is 466 g/mol. The lowest BCUT2D eigenvalue weighted by Gasteiger charge is -2.21. The van der Waals surface area contributed by atoms with Crippen LogP contribution in [0.5, 0.6) is 0 Å². The number of amides is 2. The summed E-state index contributed by atoms with van der Waals surface area (Å²) in [5.74, 6) is -0.256. The zero-order valence-corrected chi connectivity index (χ0v) is 19.7. The first-order chi connectivity index (χ1) is 16.0. The van der Waals surface area contributed by atoms with Crippen molar-refractivity contribution in [3.05, 3.63) is 52.1 Å². The van der Waals surface area contributed by atoms with Gasteiger partial charge in [-0.15, -0.1) is 0 Å². The number of nitrogens with two attached hydrogens (primary N) is 1. The molecule has 1 atom stereocenters. The third kappa shape index (κ3) is 6.99. The van der Waals surface area contributed by atoms with Gasteiger partial charge in [0.25, 0.3) is 11.5 Å². The number of carbonyl (C=O) groups excluding carboxylic acids is 2. The number of nitrogen functional groups attached to an aromatic ring is 1. The summed E-state index contributed by atoms with van der Waals surface area (Å²) in [7, 11) is 0. The molecule has 6 N–H and O–H groups in total. The van der Waals surface area contributed by atoms with Gasteiger partial charge in [0.2, 0.25) is 11.9 Å². The van der Waals surface area contributed by atoms with Crippen LogP contribution >= 0.6 is 0 Å². The fourth-order valence-electron chi connectivity index (χ4n) is 3.20. The first kappa shape index (κ1) is 24.6. The fourth-order valence-corrected chi connectivity index (χ4v) is 3.20.